The molecule has 1 atom stereocenters. The first kappa shape index (κ1) is 19.7. The van der Waals surface area contributed by atoms with E-state index in [1.165, 1.54) is 0 Å². The van der Waals surface area contributed by atoms with E-state index in [-0.39, 0.29) is 23.9 Å². The fraction of sp³-hybridized carbons (Fsp3) is 0.562. The number of benzene rings is 1. The molecular weight excluding hydrogens is 288 g/mol. The van der Waals surface area contributed by atoms with E-state index in [1.54, 1.807) is 7.11 Å². The van der Waals surface area contributed by atoms with Crippen molar-refractivity contribution in [3.63, 3.8) is 0 Å². The first-order valence-corrected chi connectivity index (χ1v) is 7.02. The van der Waals surface area contributed by atoms with Crippen molar-refractivity contribution in [2.75, 3.05) is 13.7 Å². The van der Waals surface area contributed by atoms with Crippen molar-refractivity contribution in [2.24, 2.45) is 11.7 Å². The van der Waals surface area contributed by atoms with Crippen molar-refractivity contribution in [2.45, 2.75) is 39.2 Å². The summed E-state index contributed by atoms with van der Waals surface area (Å²) in [4.78, 5) is 12.2. The third-order valence-corrected chi connectivity index (χ3v) is 3.25. The summed E-state index contributed by atoms with van der Waals surface area (Å²) in [6.07, 6.45) is 1.21. The molecule has 0 radical (unpaired) electrons. The minimum Gasteiger partial charge on any atom is -0.497 e. The van der Waals surface area contributed by atoms with Gasteiger partial charge in [-0.15, -0.1) is 12.4 Å². The van der Waals surface area contributed by atoms with Crippen LogP contribution in [0.2, 0.25) is 0 Å². The summed E-state index contributed by atoms with van der Waals surface area (Å²) in [7, 11) is 1.62. The Balaban J connectivity index is 0.00000400. The van der Waals surface area contributed by atoms with E-state index in [0.29, 0.717) is 18.9 Å². The lowest BCUT2D eigenvalue weighted by atomic mass is 9.90. The van der Waals surface area contributed by atoms with Gasteiger partial charge in [0.25, 0.3) is 0 Å². The van der Waals surface area contributed by atoms with Crippen molar-refractivity contribution in [1.29, 1.82) is 0 Å². The lowest BCUT2D eigenvalue weighted by molar-refractivity contribution is -0.122. The van der Waals surface area contributed by atoms with Gasteiger partial charge in [0, 0.05) is 12.1 Å². The van der Waals surface area contributed by atoms with E-state index in [2.05, 4.69) is 19.2 Å². The molecule has 4 nitrogen and oxygen atoms in total. The minimum absolute atomic E-state index is 0. The SMILES string of the molecule is COc1cccc(CC(=O)NC(C)(CN)CC(C)C)c1.Cl. The van der Waals surface area contributed by atoms with E-state index in [1.807, 2.05) is 31.2 Å². The Morgan fingerprint density at radius 2 is 2.10 bits per heavy atom. The highest BCUT2D eigenvalue weighted by molar-refractivity contribution is 5.85. The van der Waals surface area contributed by atoms with Gasteiger partial charge >= 0.3 is 0 Å². The van der Waals surface area contributed by atoms with Crippen LogP contribution >= 0.6 is 12.4 Å². The molecule has 0 saturated carbocycles. The zero-order valence-electron chi connectivity index (χ0n) is 13.3. The largest absolute Gasteiger partial charge is 0.497 e. The van der Waals surface area contributed by atoms with Crippen LogP contribution in [0.1, 0.15) is 32.8 Å². The Bertz CT molecular complexity index is 452. The second kappa shape index (κ2) is 8.90. The molecule has 21 heavy (non-hydrogen) atoms. The van der Waals surface area contributed by atoms with E-state index in [9.17, 15) is 4.79 Å². The zero-order valence-corrected chi connectivity index (χ0v) is 14.1. The fourth-order valence-corrected chi connectivity index (χ4v) is 2.44. The van der Waals surface area contributed by atoms with Crippen LogP contribution in [0.5, 0.6) is 5.75 Å². The maximum Gasteiger partial charge on any atom is 0.224 e. The second-order valence-corrected chi connectivity index (χ2v) is 5.94. The maximum absolute atomic E-state index is 12.2. The van der Waals surface area contributed by atoms with Crippen LogP contribution in [0.4, 0.5) is 0 Å². The van der Waals surface area contributed by atoms with Gasteiger partial charge in [0.15, 0.2) is 0 Å². The molecule has 1 aromatic rings. The molecule has 0 fully saturated rings. The van der Waals surface area contributed by atoms with Gasteiger partial charge in [-0.25, -0.2) is 0 Å². The van der Waals surface area contributed by atoms with Crippen LogP contribution in [-0.2, 0) is 11.2 Å². The summed E-state index contributed by atoms with van der Waals surface area (Å²) < 4.78 is 5.16. The third-order valence-electron chi connectivity index (χ3n) is 3.25. The molecule has 0 aliphatic heterocycles. The van der Waals surface area contributed by atoms with Crippen LogP contribution in [0.25, 0.3) is 0 Å². The van der Waals surface area contributed by atoms with Crippen molar-refractivity contribution in [3.05, 3.63) is 29.8 Å². The van der Waals surface area contributed by atoms with Gasteiger partial charge in [0.05, 0.1) is 13.5 Å². The molecule has 5 heteroatoms. The highest BCUT2D eigenvalue weighted by atomic mass is 35.5. The smallest absolute Gasteiger partial charge is 0.224 e. The summed E-state index contributed by atoms with van der Waals surface area (Å²) in [5, 5.41) is 3.06. The number of hydrogen-bond acceptors (Lipinski definition) is 3. The van der Waals surface area contributed by atoms with Crippen LogP contribution in [0, 0.1) is 5.92 Å². The number of methoxy groups -OCH3 is 1. The molecule has 1 amide bonds. The molecular formula is C16H27ClN2O2. The Hall–Kier alpha value is -1.26. The predicted octanol–water partition coefficient (Wildman–Crippen LogP) is 2.54. The number of carbonyl (C=O) groups excluding carboxylic acids is 1. The molecule has 0 saturated heterocycles. The molecule has 1 aromatic carbocycles. The topological polar surface area (TPSA) is 64.3 Å². The van der Waals surface area contributed by atoms with Crippen molar-refractivity contribution < 1.29 is 9.53 Å². The van der Waals surface area contributed by atoms with Gasteiger partial charge in [-0.1, -0.05) is 26.0 Å². The average Bonchev–Trinajstić information content (AvgIpc) is 2.37. The van der Waals surface area contributed by atoms with Gasteiger partial charge in [0.2, 0.25) is 5.91 Å². The summed E-state index contributed by atoms with van der Waals surface area (Å²) in [6.45, 7) is 6.69. The maximum atomic E-state index is 12.2. The Kier molecular flexibility index (Phi) is 8.37. The number of halogens is 1. The van der Waals surface area contributed by atoms with E-state index < -0.39 is 0 Å². The molecule has 0 bridgehead atoms. The first-order valence-electron chi connectivity index (χ1n) is 7.02. The fourth-order valence-electron chi connectivity index (χ4n) is 2.44. The molecule has 0 aromatic heterocycles. The molecule has 1 unspecified atom stereocenters. The molecule has 0 spiro atoms. The number of ether oxygens (including phenoxy) is 1. The Morgan fingerprint density at radius 3 is 2.62 bits per heavy atom. The number of amides is 1. The highest BCUT2D eigenvalue weighted by Gasteiger charge is 2.25. The number of nitrogens with two attached hydrogens (primary N) is 1. The normalized spacial score (nSPS) is 13.2. The average molecular weight is 315 g/mol. The van der Waals surface area contributed by atoms with Gasteiger partial charge in [-0.2, -0.15) is 0 Å². The molecule has 0 aliphatic rings. The monoisotopic (exact) mass is 314 g/mol. The van der Waals surface area contributed by atoms with Gasteiger partial charge in [-0.3, -0.25) is 4.79 Å². The van der Waals surface area contributed by atoms with Crippen molar-refractivity contribution >= 4 is 18.3 Å². The summed E-state index contributed by atoms with van der Waals surface area (Å²) >= 11 is 0. The summed E-state index contributed by atoms with van der Waals surface area (Å²) in [5.74, 6) is 1.24. The van der Waals surface area contributed by atoms with Crippen molar-refractivity contribution in [3.8, 4) is 5.75 Å². The standard InChI is InChI=1S/C16H26N2O2.ClH/c1-12(2)10-16(3,11-17)18-15(19)9-13-6-5-7-14(8-13)20-4;/h5-8,12H,9-11,17H2,1-4H3,(H,18,19);1H. The quantitative estimate of drug-likeness (QED) is 0.813. The Morgan fingerprint density at radius 1 is 1.43 bits per heavy atom. The lowest BCUT2D eigenvalue weighted by Crippen LogP contribution is -2.52. The van der Waals surface area contributed by atoms with Crippen LogP contribution in [-0.4, -0.2) is 25.1 Å². The zero-order chi connectivity index (χ0) is 15.2. The van der Waals surface area contributed by atoms with E-state index >= 15 is 0 Å². The van der Waals surface area contributed by atoms with E-state index in [4.69, 9.17) is 10.5 Å². The summed E-state index contributed by atoms with van der Waals surface area (Å²) in [5.41, 5.74) is 6.40. The first-order chi connectivity index (χ1) is 9.38. The number of rotatable bonds is 7. The molecule has 120 valence electrons. The van der Waals surface area contributed by atoms with Crippen LogP contribution in [0.3, 0.4) is 0 Å². The molecule has 1 rings (SSSR count). The van der Waals surface area contributed by atoms with Crippen LogP contribution in [0.15, 0.2) is 24.3 Å². The van der Waals surface area contributed by atoms with Crippen molar-refractivity contribution in [1.82, 2.24) is 5.32 Å². The third kappa shape index (κ3) is 6.82. The molecule has 0 heterocycles. The van der Waals surface area contributed by atoms with E-state index in [0.717, 1.165) is 17.7 Å². The predicted molar refractivity (Wildman–Crippen MR) is 89.0 cm³/mol. The number of hydrogen-bond donors (Lipinski definition) is 2. The number of nitrogens with one attached hydrogen (secondary N) is 1. The summed E-state index contributed by atoms with van der Waals surface area (Å²) in [6, 6.07) is 7.55. The van der Waals surface area contributed by atoms with Gasteiger partial charge in [0.1, 0.15) is 5.75 Å². The van der Waals surface area contributed by atoms with Crippen LogP contribution < -0.4 is 15.8 Å². The minimum atomic E-state index is -0.343. The number of carbonyl (C=O) groups is 1. The lowest BCUT2D eigenvalue weighted by Gasteiger charge is -2.31. The highest BCUT2D eigenvalue weighted by Crippen LogP contribution is 2.17. The van der Waals surface area contributed by atoms with Gasteiger partial charge < -0.3 is 15.8 Å². The van der Waals surface area contributed by atoms with Gasteiger partial charge in [-0.05, 0) is 37.0 Å². The second-order valence-electron chi connectivity index (χ2n) is 5.94. The Labute approximate surface area is 133 Å². The molecule has 0 aliphatic carbocycles. The molecule has 3 N–H and O–H groups in total.